The number of carbonyl (C=O) groups excluding carboxylic acids is 1. The summed E-state index contributed by atoms with van der Waals surface area (Å²) in [7, 11) is 1.73. The molecule has 0 aromatic carbocycles. The number of nitrogens with zero attached hydrogens (tertiary/aromatic N) is 2. The summed E-state index contributed by atoms with van der Waals surface area (Å²) in [5.41, 5.74) is 6.10. The predicted molar refractivity (Wildman–Crippen MR) is 66.6 cm³/mol. The molecule has 1 aliphatic rings. The lowest BCUT2D eigenvalue weighted by Gasteiger charge is -2.15. The molecule has 94 valence electrons. The van der Waals surface area contributed by atoms with Crippen LogP contribution in [0.5, 0.6) is 0 Å². The highest BCUT2D eigenvalue weighted by Crippen LogP contribution is 2.17. The summed E-state index contributed by atoms with van der Waals surface area (Å²) in [5, 5.41) is 7.05. The maximum absolute atomic E-state index is 12.0. The zero-order valence-electron chi connectivity index (χ0n) is 10.3. The van der Waals surface area contributed by atoms with Crippen molar-refractivity contribution in [3.8, 4) is 0 Å². The summed E-state index contributed by atoms with van der Waals surface area (Å²) in [6.07, 6.45) is 7.14. The number of anilines is 1. The molecule has 0 saturated heterocycles. The molecule has 1 heterocycles. The van der Waals surface area contributed by atoms with E-state index in [-0.39, 0.29) is 5.91 Å². The Balaban J connectivity index is 1.98. The molecule has 0 radical (unpaired) electrons. The van der Waals surface area contributed by atoms with Crippen molar-refractivity contribution in [1.82, 2.24) is 15.1 Å². The number of amides is 1. The molecule has 1 aliphatic carbocycles. The molecule has 0 atom stereocenters. The highest BCUT2D eigenvalue weighted by Gasteiger charge is 2.18. The van der Waals surface area contributed by atoms with E-state index in [4.69, 9.17) is 5.73 Å². The summed E-state index contributed by atoms with van der Waals surface area (Å²) >= 11 is 0. The summed E-state index contributed by atoms with van der Waals surface area (Å²) in [6.45, 7) is 0. The van der Waals surface area contributed by atoms with E-state index < -0.39 is 0 Å². The Bertz CT molecular complexity index is 391. The van der Waals surface area contributed by atoms with Crippen LogP contribution in [0.4, 0.5) is 5.82 Å². The molecule has 1 fully saturated rings. The Morgan fingerprint density at radius 2 is 2.06 bits per heavy atom. The Kier molecular flexibility index (Phi) is 3.66. The lowest BCUT2D eigenvalue weighted by Crippen LogP contribution is -2.35. The van der Waals surface area contributed by atoms with Gasteiger partial charge in [-0.3, -0.25) is 9.48 Å². The van der Waals surface area contributed by atoms with E-state index in [0.717, 1.165) is 12.8 Å². The molecule has 5 nitrogen and oxygen atoms in total. The lowest BCUT2D eigenvalue weighted by atomic mass is 10.1. The molecule has 1 aromatic heterocycles. The van der Waals surface area contributed by atoms with Crippen molar-refractivity contribution in [3.63, 3.8) is 0 Å². The topological polar surface area (TPSA) is 72.9 Å². The van der Waals surface area contributed by atoms with E-state index >= 15 is 0 Å². The Morgan fingerprint density at radius 3 is 2.59 bits per heavy atom. The van der Waals surface area contributed by atoms with Gasteiger partial charge in [0.2, 0.25) is 0 Å². The molecule has 1 amide bonds. The van der Waals surface area contributed by atoms with Crippen LogP contribution in [0.2, 0.25) is 0 Å². The number of aromatic nitrogens is 2. The minimum Gasteiger partial charge on any atom is -0.382 e. The van der Waals surface area contributed by atoms with Crippen molar-refractivity contribution in [2.24, 2.45) is 7.05 Å². The first kappa shape index (κ1) is 12.0. The second kappa shape index (κ2) is 5.21. The SMILES string of the molecule is Cn1nc(N)cc1C(=O)NC1CCCCCC1. The molecule has 3 N–H and O–H groups in total. The van der Waals surface area contributed by atoms with Gasteiger partial charge in [-0.15, -0.1) is 0 Å². The number of aryl methyl sites for hydroxylation is 1. The number of nitrogens with one attached hydrogen (secondary N) is 1. The Hall–Kier alpha value is -1.52. The number of hydrogen-bond acceptors (Lipinski definition) is 3. The van der Waals surface area contributed by atoms with Crippen molar-refractivity contribution in [1.29, 1.82) is 0 Å². The molecule has 2 rings (SSSR count). The summed E-state index contributed by atoms with van der Waals surface area (Å²) in [6, 6.07) is 1.92. The van der Waals surface area contributed by atoms with Crippen LogP contribution in [0.25, 0.3) is 0 Å². The van der Waals surface area contributed by atoms with E-state index in [1.807, 2.05) is 0 Å². The van der Waals surface area contributed by atoms with Crippen molar-refractivity contribution in [3.05, 3.63) is 11.8 Å². The number of nitrogens with two attached hydrogens (primary N) is 1. The quantitative estimate of drug-likeness (QED) is 0.763. The first-order valence-electron chi connectivity index (χ1n) is 6.27. The second-order valence-corrected chi connectivity index (χ2v) is 4.74. The molecule has 0 unspecified atom stereocenters. The van der Waals surface area contributed by atoms with Gasteiger partial charge in [0.1, 0.15) is 11.5 Å². The van der Waals surface area contributed by atoms with Crippen LogP contribution in [0.3, 0.4) is 0 Å². The fraction of sp³-hybridized carbons (Fsp3) is 0.667. The van der Waals surface area contributed by atoms with Gasteiger partial charge in [-0.25, -0.2) is 0 Å². The highest BCUT2D eigenvalue weighted by molar-refractivity contribution is 5.93. The molecule has 0 spiro atoms. The number of hydrogen-bond donors (Lipinski definition) is 2. The highest BCUT2D eigenvalue weighted by atomic mass is 16.2. The van der Waals surface area contributed by atoms with Crippen LogP contribution in [0.1, 0.15) is 49.0 Å². The van der Waals surface area contributed by atoms with Crippen molar-refractivity contribution >= 4 is 11.7 Å². The summed E-state index contributed by atoms with van der Waals surface area (Å²) in [5.74, 6) is 0.321. The average Bonchev–Trinajstić information content (AvgIpc) is 2.51. The molecular weight excluding hydrogens is 216 g/mol. The van der Waals surface area contributed by atoms with Gasteiger partial charge in [-0.2, -0.15) is 5.10 Å². The first-order valence-corrected chi connectivity index (χ1v) is 6.27. The monoisotopic (exact) mass is 236 g/mol. The molecule has 0 aliphatic heterocycles. The van der Waals surface area contributed by atoms with Crippen LogP contribution < -0.4 is 11.1 Å². The maximum atomic E-state index is 12.0. The smallest absolute Gasteiger partial charge is 0.269 e. The third-order valence-electron chi connectivity index (χ3n) is 3.32. The Labute approximate surface area is 101 Å². The summed E-state index contributed by atoms with van der Waals surface area (Å²) < 4.78 is 1.53. The van der Waals surface area contributed by atoms with E-state index in [2.05, 4.69) is 10.4 Å². The minimum atomic E-state index is -0.0661. The van der Waals surface area contributed by atoms with Crippen molar-refractivity contribution in [2.45, 2.75) is 44.6 Å². The van der Waals surface area contributed by atoms with Crippen LogP contribution in [-0.2, 0) is 7.05 Å². The predicted octanol–water partition coefficient (Wildman–Crippen LogP) is 1.45. The van der Waals surface area contributed by atoms with Gasteiger partial charge in [0.15, 0.2) is 0 Å². The fourth-order valence-electron chi connectivity index (χ4n) is 2.38. The van der Waals surface area contributed by atoms with Crippen LogP contribution in [-0.4, -0.2) is 21.7 Å². The van der Waals surface area contributed by atoms with Gasteiger partial charge >= 0.3 is 0 Å². The third-order valence-corrected chi connectivity index (χ3v) is 3.32. The fourth-order valence-corrected chi connectivity index (χ4v) is 2.38. The second-order valence-electron chi connectivity index (χ2n) is 4.74. The van der Waals surface area contributed by atoms with Crippen LogP contribution in [0.15, 0.2) is 6.07 Å². The molecule has 17 heavy (non-hydrogen) atoms. The Morgan fingerprint density at radius 1 is 1.41 bits per heavy atom. The third kappa shape index (κ3) is 2.99. The van der Waals surface area contributed by atoms with Gasteiger partial charge in [0.05, 0.1) is 0 Å². The normalized spacial score (nSPS) is 17.7. The lowest BCUT2D eigenvalue weighted by molar-refractivity contribution is 0.0924. The zero-order chi connectivity index (χ0) is 12.3. The number of nitrogen functional groups attached to an aromatic ring is 1. The van der Waals surface area contributed by atoms with Gasteiger partial charge in [-0.05, 0) is 12.8 Å². The van der Waals surface area contributed by atoms with Gasteiger partial charge < -0.3 is 11.1 Å². The average molecular weight is 236 g/mol. The van der Waals surface area contributed by atoms with Gasteiger partial charge in [0, 0.05) is 19.2 Å². The van der Waals surface area contributed by atoms with E-state index in [9.17, 15) is 4.79 Å². The van der Waals surface area contributed by atoms with Gasteiger partial charge in [-0.1, -0.05) is 25.7 Å². The molecule has 5 heteroatoms. The number of carbonyl (C=O) groups is 1. The molecule has 1 aromatic rings. The summed E-state index contributed by atoms with van der Waals surface area (Å²) in [4.78, 5) is 12.0. The molecule has 0 bridgehead atoms. The standard InChI is InChI=1S/C12H20N4O/c1-16-10(8-11(13)15-16)12(17)14-9-6-4-2-3-5-7-9/h8-9H,2-7H2,1H3,(H2,13,15)(H,14,17). The largest absolute Gasteiger partial charge is 0.382 e. The van der Waals surface area contributed by atoms with E-state index in [0.29, 0.717) is 17.6 Å². The maximum Gasteiger partial charge on any atom is 0.269 e. The first-order chi connectivity index (χ1) is 8.16. The van der Waals surface area contributed by atoms with Crippen LogP contribution >= 0.6 is 0 Å². The van der Waals surface area contributed by atoms with Crippen LogP contribution in [0, 0.1) is 0 Å². The van der Waals surface area contributed by atoms with E-state index in [1.165, 1.54) is 30.4 Å². The van der Waals surface area contributed by atoms with Crippen molar-refractivity contribution in [2.75, 3.05) is 5.73 Å². The van der Waals surface area contributed by atoms with E-state index in [1.54, 1.807) is 13.1 Å². The minimum absolute atomic E-state index is 0.0661. The molecular formula is C12H20N4O. The van der Waals surface area contributed by atoms with Gasteiger partial charge in [0.25, 0.3) is 5.91 Å². The zero-order valence-corrected chi connectivity index (χ0v) is 10.3. The van der Waals surface area contributed by atoms with Crippen molar-refractivity contribution < 1.29 is 4.79 Å². The number of rotatable bonds is 2. The molecule has 1 saturated carbocycles.